The number of nitrogens with zero attached hydrogens (tertiary/aromatic N) is 1. The minimum absolute atomic E-state index is 0.0176. The maximum Gasteiger partial charge on any atom is 0.255 e. The smallest absolute Gasteiger partial charge is 0.255 e. The van der Waals surface area contributed by atoms with Crippen LogP contribution in [-0.2, 0) is 0 Å². The van der Waals surface area contributed by atoms with Crippen LogP contribution in [0.3, 0.4) is 0 Å². The lowest BCUT2D eigenvalue weighted by atomic mass is 10.2. The zero-order chi connectivity index (χ0) is 12.5. The Kier molecular flexibility index (Phi) is 2.76. The van der Waals surface area contributed by atoms with Gasteiger partial charge in [0, 0.05) is 16.2 Å². The predicted molar refractivity (Wildman–Crippen MR) is 77.2 cm³/mol. The van der Waals surface area contributed by atoms with Gasteiger partial charge >= 0.3 is 0 Å². The first-order valence-electron chi connectivity index (χ1n) is 5.62. The number of halogens is 1. The number of fused-ring (bicyclic) bond motifs is 1. The van der Waals surface area contributed by atoms with Gasteiger partial charge in [-0.05, 0) is 41.8 Å². The van der Waals surface area contributed by atoms with Crippen molar-refractivity contribution in [2.45, 2.75) is 0 Å². The van der Waals surface area contributed by atoms with Crippen LogP contribution in [0.1, 0.15) is 0 Å². The topological polar surface area (TPSA) is 22.0 Å². The molecule has 0 unspecified atom stereocenters. The first-order chi connectivity index (χ1) is 8.75. The zero-order valence-corrected chi connectivity index (χ0v) is 11.1. The van der Waals surface area contributed by atoms with Crippen LogP contribution < -0.4 is 5.56 Å². The third-order valence-electron chi connectivity index (χ3n) is 2.87. The molecule has 0 N–H and O–H groups in total. The summed E-state index contributed by atoms with van der Waals surface area (Å²) in [5.74, 6) is 0. The molecule has 3 aromatic rings. The Bertz CT molecular complexity index is 762. The van der Waals surface area contributed by atoms with Crippen molar-refractivity contribution in [3.05, 3.63) is 75.5 Å². The first kappa shape index (κ1) is 11.2. The summed E-state index contributed by atoms with van der Waals surface area (Å²) in [6.07, 6.45) is 0. The summed E-state index contributed by atoms with van der Waals surface area (Å²) in [5.41, 5.74) is 1.78. The van der Waals surface area contributed by atoms with Gasteiger partial charge in [-0.25, -0.2) is 0 Å². The van der Waals surface area contributed by atoms with E-state index in [0.29, 0.717) is 0 Å². The third kappa shape index (κ3) is 1.87. The molecular formula is C15H10BrNO. The van der Waals surface area contributed by atoms with Gasteiger partial charge in [0.1, 0.15) is 0 Å². The molecule has 0 aliphatic carbocycles. The van der Waals surface area contributed by atoms with Gasteiger partial charge in [0.2, 0.25) is 0 Å². The molecule has 1 heterocycles. The summed E-state index contributed by atoms with van der Waals surface area (Å²) in [6, 6.07) is 19.0. The monoisotopic (exact) mass is 299 g/mol. The normalized spacial score (nSPS) is 10.7. The van der Waals surface area contributed by atoms with Crippen molar-refractivity contribution >= 4 is 26.8 Å². The highest BCUT2D eigenvalue weighted by molar-refractivity contribution is 9.10. The zero-order valence-electron chi connectivity index (χ0n) is 9.51. The van der Waals surface area contributed by atoms with Crippen molar-refractivity contribution in [2.75, 3.05) is 0 Å². The molecule has 1 aromatic heterocycles. The lowest BCUT2D eigenvalue weighted by molar-refractivity contribution is 1.04. The summed E-state index contributed by atoms with van der Waals surface area (Å²) in [7, 11) is 0. The fraction of sp³-hybridized carbons (Fsp3) is 0. The van der Waals surface area contributed by atoms with Crippen molar-refractivity contribution < 1.29 is 0 Å². The van der Waals surface area contributed by atoms with Gasteiger partial charge in [0.25, 0.3) is 5.56 Å². The van der Waals surface area contributed by atoms with Gasteiger partial charge in [0.05, 0.1) is 5.52 Å². The van der Waals surface area contributed by atoms with E-state index in [1.807, 2.05) is 54.6 Å². The quantitative estimate of drug-likeness (QED) is 0.671. The van der Waals surface area contributed by atoms with Crippen LogP contribution in [-0.4, -0.2) is 4.57 Å². The molecule has 2 nitrogen and oxygen atoms in total. The second-order valence-corrected chi connectivity index (χ2v) is 4.96. The fourth-order valence-electron chi connectivity index (χ4n) is 2.06. The second kappa shape index (κ2) is 4.42. The maximum atomic E-state index is 12.1. The maximum absolute atomic E-state index is 12.1. The average Bonchev–Trinajstić information content (AvgIpc) is 2.40. The van der Waals surface area contributed by atoms with Crippen molar-refractivity contribution in [1.29, 1.82) is 0 Å². The first-order valence-corrected chi connectivity index (χ1v) is 6.42. The van der Waals surface area contributed by atoms with Gasteiger partial charge < -0.3 is 0 Å². The molecule has 2 aromatic carbocycles. The molecule has 0 radical (unpaired) electrons. The van der Waals surface area contributed by atoms with E-state index in [1.54, 1.807) is 10.6 Å². The van der Waals surface area contributed by atoms with Crippen molar-refractivity contribution in [3.8, 4) is 5.69 Å². The lowest BCUT2D eigenvalue weighted by Gasteiger charge is -2.10. The Morgan fingerprint density at radius 3 is 2.44 bits per heavy atom. The summed E-state index contributed by atoms with van der Waals surface area (Å²) in [4.78, 5) is 12.1. The van der Waals surface area contributed by atoms with Crippen molar-refractivity contribution in [3.63, 3.8) is 0 Å². The molecule has 0 bridgehead atoms. The van der Waals surface area contributed by atoms with E-state index in [0.717, 1.165) is 21.1 Å². The number of hydrogen-bond donors (Lipinski definition) is 0. The Morgan fingerprint density at radius 2 is 1.67 bits per heavy atom. The van der Waals surface area contributed by atoms with E-state index < -0.39 is 0 Å². The largest absolute Gasteiger partial charge is 0.277 e. The number of hydrogen-bond acceptors (Lipinski definition) is 1. The highest BCUT2D eigenvalue weighted by atomic mass is 79.9. The predicted octanol–water partition coefficient (Wildman–Crippen LogP) is 3.75. The molecule has 88 valence electrons. The highest BCUT2D eigenvalue weighted by Crippen LogP contribution is 2.20. The second-order valence-electron chi connectivity index (χ2n) is 4.05. The van der Waals surface area contributed by atoms with Crippen LogP contribution in [0.4, 0.5) is 0 Å². The van der Waals surface area contributed by atoms with Crippen molar-refractivity contribution in [1.82, 2.24) is 4.57 Å². The Labute approximate surface area is 113 Å². The van der Waals surface area contributed by atoms with Crippen LogP contribution in [0.25, 0.3) is 16.6 Å². The number of para-hydroxylation sites is 1. The molecule has 18 heavy (non-hydrogen) atoms. The minimum atomic E-state index is -0.0176. The standard InChI is InChI=1S/C15H10BrNO/c16-12-7-8-14-11(10-12)6-9-15(18)17(14)13-4-2-1-3-5-13/h1-10H. The SMILES string of the molecule is O=c1ccc2cc(Br)ccc2n1-c1ccccc1. The molecule has 0 atom stereocenters. The summed E-state index contributed by atoms with van der Waals surface area (Å²) >= 11 is 3.44. The number of aromatic nitrogens is 1. The van der Waals surface area contributed by atoms with Crippen molar-refractivity contribution in [2.24, 2.45) is 0 Å². The van der Waals surface area contributed by atoms with Gasteiger partial charge in [0.15, 0.2) is 0 Å². The van der Waals surface area contributed by atoms with Crippen LogP contribution in [0, 0.1) is 0 Å². The van der Waals surface area contributed by atoms with E-state index in [1.165, 1.54) is 0 Å². The van der Waals surface area contributed by atoms with E-state index >= 15 is 0 Å². The van der Waals surface area contributed by atoms with Gasteiger partial charge in [-0.1, -0.05) is 34.1 Å². The molecule has 3 rings (SSSR count). The molecular weight excluding hydrogens is 290 g/mol. The van der Waals surface area contributed by atoms with Crippen LogP contribution in [0.2, 0.25) is 0 Å². The molecule has 0 saturated carbocycles. The van der Waals surface area contributed by atoms with Gasteiger partial charge in [-0.3, -0.25) is 9.36 Å². The van der Waals surface area contributed by atoms with Gasteiger partial charge in [-0.15, -0.1) is 0 Å². The molecule has 0 spiro atoms. The van der Waals surface area contributed by atoms with E-state index in [4.69, 9.17) is 0 Å². The Morgan fingerprint density at radius 1 is 0.889 bits per heavy atom. The van der Waals surface area contributed by atoms with Gasteiger partial charge in [-0.2, -0.15) is 0 Å². The third-order valence-corrected chi connectivity index (χ3v) is 3.36. The van der Waals surface area contributed by atoms with Crippen LogP contribution in [0.5, 0.6) is 0 Å². The Balaban J connectivity index is 2.41. The van der Waals surface area contributed by atoms with E-state index in [-0.39, 0.29) is 5.56 Å². The molecule has 0 aliphatic heterocycles. The molecule has 0 saturated heterocycles. The molecule has 0 amide bonds. The van der Waals surface area contributed by atoms with Crippen LogP contribution >= 0.6 is 15.9 Å². The number of rotatable bonds is 1. The number of pyridine rings is 1. The van der Waals surface area contributed by atoms with Crippen LogP contribution in [0.15, 0.2) is 69.9 Å². The minimum Gasteiger partial charge on any atom is -0.277 e. The summed E-state index contributed by atoms with van der Waals surface area (Å²) in [5, 5.41) is 1.04. The Hall–Kier alpha value is -1.87. The summed E-state index contributed by atoms with van der Waals surface area (Å²) < 4.78 is 2.73. The highest BCUT2D eigenvalue weighted by Gasteiger charge is 2.04. The summed E-state index contributed by atoms with van der Waals surface area (Å²) in [6.45, 7) is 0. The molecule has 0 fully saturated rings. The molecule has 3 heteroatoms. The fourth-order valence-corrected chi connectivity index (χ4v) is 2.44. The van der Waals surface area contributed by atoms with E-state index in [9.17, 15) is 4.79 Å². The molecule has 0 aliphatic rings. The van der Waals surface area contributed by atoms with E-state index in [2.05, 4.69) is 15.9 Å². The average molecular weight is 300 g/mol. The number of benzene rings is 2. The lowest BCUT2D eigenvalue weighted by Crippen LogP contribution is -2.17.